The van der Waals surface area contributed by atoms with Crippen molar-refractivity contribution in [1.82, 2.24) is 25.1 Å². The average molecular weight is 571 g/mol. The highest BCUT2D eigenvalue weighted by Gasteiger charge is 2.38. The van der Waals surface area contributed by atoms with E-state index in [9.17, 15) is 35.9 Å². The molecule has 210 valence electrons. The zero-order valence-corrected chi connectivity index (χ0v) is 20.8. The molecule has 1 saturated heterocycles. The van der Waals surface area contributed by atoms with E-state index in [4.69, 9.17) is 9.47 Å². The normalized spacial score (nSPS) is 15.6. The number of aromatic nitrogens is 4. The van der Waals surface area contributed by atoms with Crippen LogP contribution in [0.25, 0.3) is 0 Å². The van der Waals surface area contributed by atoms with Gasteiger partial charge in [0.05, 0.1) is 43.3 Å². The lowest BCUT2D eigenvalue weighted by atomic mass is 10.3. The number of anilines is 1. The number of methoxy groups -OCH3 is 1. The number of H-pyrrole nitrogens is 1. The number of thioether (sulfide) groups is 1. The van der Waals surface area contributed by atoms with Gasteiger partial charge in [-0.25, -0.2) is 15.1 Å². The molecule has 0 aromatic carbocycles. The van der Waals surface area contributed by atoms with Crippen molar-refractivity contribution < 1.29 is 40.6 Å². The molecule has 10 nitrogen and oxygen atoms in total. The van der Waals surface area contributed by atoms with Gasteiger partial charge in [-0.2, -0.15) is 31.4 Å². The number of ether oxygens (including phenoxy) is 2. The van der Waals surface area contributed by atoms with Crippen molar-refractivity contribution in [2.24, 2.45) is 0 Å². The van der Waals surface area contributed by atoms with Gasteiger partial charge in [0.2, 0.25) is 11.9 Å². The van der Waals surface area contributed by atoms with Crippen molar-refractivity contribution in [2.75, 3.05) is 58.0 Å². The number of halogens is 6. The lowest BCUT2D eigenvalue weighted by Gasteiger charge is -2.34. The Bertz CT molecular complexity index is 1120. The van der Waals surface area contributed by atoms with Crippen LogP contribution in [0.15, 0.2) is 28.3 Å². The fourth-order valence-electron chi connectivity index (χ4n) is 3.54. The van der Waals surface area contributed by atoms with Gasteiger partial charge in [0, 0.05) is 50.6 Å². The van der Waals surface area contributed by atoms with Crippen LogP contribution in [0.3, 0.4) is 0 Å². The molecule has 1 atom stereocenters. The number of amides is 1. The lowest BCUT2D eigenvalue weighted by molar-refractivity contribution is -0.141. The first kappa shape index (κ1) is 29.6. The maximum atomic E-state index is 13.3. The number of rotatable bonds is 10. The zero-order valence-electron chi connectivity index (χ0n) is 20.0. The van der Waals surface area contributed by atoms with Crippen molar-refractivity contribution in [3.05, 3.63) is 40.1 Å². The quantitative estimate of drug-likeness (QED) is 0.262. The molecule has 0 aliphatic carbocycles. The number of hydrogen-bond acceptors (Lipinski definition) is 9. The van der Waals surface area contributed by atoms with E-state index in [2.05, 4.69) is 15.1 Å². The second-order valence-electron chi connectivity index (χ2n) is 8.09. The van der Waals surface area contributed by atoms with Crippen LogP contribution in [-0.4, -0.2) is 89.3 Å². The molecule has 1 aliphatic rings. The van der Waals surface area contributed by atoms with Crippen LogP contribution in [0.2, 0.25) is 0 Å². The maximum Gasteiger partial charge on any atom is 0.422 e. The summed E-state index contributed by atoms with van der Waals surface area (Å²) in [5.41, 5.74) is -3.65. The SMILES string of the molecule is COC[C@@H](COCCC(=O)N1CCN(c2ncc(C(F)(F)F)cn2)CC1)Sc1cn[nH]c(=O)c1C(F)(F)F. The molecule has 0 radical (unpaired) electrons. The summed E-state index contributed by atoms with van der Waals surface area (Å²) in [4.78, 5) is 34.6. The van der Waals surface area contributed by atoms with E-state index >= 15 is 0 Å². The highest BCUT2D eigenvalue weighted by atomic mass is 32.2. The first-order valence-corrected chi connectivity index (χ1v) is 12.1. The van der Waals surface area contributed by atoms with Gasteiger partial charge in [-0.3, -0.25) is 9.59 Å². The molecule has 0 unspecified atom stereocenters. The van der Waals surface area contributed by atoms with Crippen molar-refractivity contribution in [3.8, 4) is 0 Å². The van der Waals surface area contributed by atoms with Crippen LogP contribution in [0.4, 0.5) is 32.3 Å². The first-order chi connectivity index (χ1) is 17.9. The van der Waals surface area contributed by atoms with E-state index in [1.807, 2.05) is 0 Å². The van der Waals surface area contributed by atoms with E-state index in [0.29, 0.717) is 38.6 Å². The number of hydrogen-bond donors (Lipinski definition) is 1. The topological polar surface area (TPSA) is 114 Å². The molecule has 0 bridgehead atoms. The number of alkyl halides is 6. The zero-order chi connectivity index (χ0) is 27.9. The van der Waals surface area contributed by atoms with Gasteiger partial charge in [-0.1, -0.05) is 0 Å². The van der Waals surface area contributed by atoms with Crippen molar-refractivity contribution >= 4 is 23.6 Å². The molecular weight excluding hydrogens is 546 g/mol. The van der Waals surface area contributed by atoms with Gasteiger partial charge >= 0.3 is 12.4 Å². The maximum absolute atomic E-state index is 13.3. The monoisotopic (exact) mass is 570 g/mol. The Morgan fingerprint density at radius 2 is 1.71 bits per heavy atom. The molecule has 38 heavy (non-hydrogen) atoms. The van der Waals surface area contributed by atoms with Crippen LogP contribution < -0.4 is 10.5 Å². The Morgan fingerprint density at radius 3 is 2.29 bits per heavy atom. The summed E-state index contributed by atoms with van der Waals surface area (Å²) in [6, 6.07) is 0. The summed E-state index contributed by atoms with van der Waals surface area (Å²) >= 11 is 0.741. The molecule has 2 aromatic rings. The second-order valence-corrected chi connectivity index (χ2v) is 9.44. The number of carbonyl (C=O) groups excluding carboxylic acids is 1. The third-order valence-corrected chi connectivity index (χ3v) is 6.56. The van der Waals surface area contributed by atoms with Crippen LogP contribution in [0.5, 0.6) is 0 Å². The van der Waals surface area contributed by atoms with Crippen molar-refractivity contribution in [1.29, 1.82) is 0 Å². The smallest absolute Gasteiger partial charge is 0.383 e. The van der Waals surface area contributed by atoms with Gasteiger partial charge < -0.3 is 19.3 Å². The predicted molar refractivity (Wildman–Crippen MR) is 123 cm³/mol. The summed E-state index contributed by atoms with van der Waals surface area (Å²) < 4.78 is 88.4. The van der Waals surface area contributed by atoms with Crippen LogP contribution in [-0.2, 0) is 26.6 Å². The summed E-state index contributed by atoms with van der Waals surface area (Å²) in [7, 11) is 1.37. The van der Waals surface area contributed by atoms with Crippen LogP contribution in [0.1, 0.15) is 17.5 Å². The van der Waals surface area contributed by atoms with E-state index in [0.717, 1.165) is 18.0 Å². The molecule has 1 N–H and O–H groups in total. The van der Waals surface area contributed by atoms with E-state index in [1.165, 1.54) is 7.11 Å². The number of aromatic amines is 1. The van der Waals surface area contributed by atoms with Gasteiger partial charge in [-0.05, 0) is 0 Å². The Balaban J connectivity index is 1.45. The molecular formula is C21H24F6N6O4S. The minimum Gasteiger partial charge on any atom is -0.383 e. The Kier molecular flexibility index (Phi) is 9.94. The van der Waals surface area contributed by atoms with Crippen molar-refractivity contribution in [2.45, 2.75) is 28.9 Å². The van der Waals surface area contributed by atoms with E-state index in [1.54, 1.807) is 14.9 Å². The molecule has 17 heteroatoms. The average Bonchev–Trinajstić information content (AvgIpc) is 2.85. The predicted octanol–water partition coefficient (Wildman–Crippen LogP) is 2.46. The lowest BCUT2D eigenvalue weighted by Crippen LogP contribution is -2.49. The highest BCUT2D eigenvalue weighted by molar-refractivity contribution is 8.00. The Hall–Kier alpha value is -2.92. The molecule has 1 fully saturated rings. The molecule has 0 saturated carbocycles. The third kappa shape index (κ3) is 8.04. The van der Waals surface area contributed by atoms with Crippen molar-refractivity contribution in [3.63, 3.8) is 0 Å². The summed E-state index contributed by atoms with van der Waals surface area (Å²) in [6.45, 7) is 1.25. The standard InChI is InChI=1S/C21H24F6N6O4S/c1-36-11-14(38-15-10-30-31-18(35)17(15)21(25,26)27)12-37-7-2-16(34)32-3-5-33(6-4-32)19-28-8-13(9-29-19)20(22,23)24/h8-10,14H,2-7,11-12H2,1H3,(H,31,35)/t14-/m0/s1. The molecule has 3 heterocycles. The number of nitrogens with zero attached hydrogens (tertiary/aromatic N) is 5. The molecule has 0 spiro atoms. The molecule has 2 aromatic heterocycles. The fraction of sp³-hybridized carbons (Fsp3) is 0.571. The number of carbonyl (C=O) groups is 1. The summed E-state index contributed by atoms with van der Waals surface area (Å²) in [6.07, 6.45) is -7.05. The summed E-state index contributed by atoms with van der Waals surface area (Å²) in [5, 5.41) is 4.60. The van der Waals surface area contributed by atoms with Crippen LogP contribution >= 0.6 is 11.8 Å². The third-order valence-electron chi connectivity index (χ3n) is 5.40. The molecule has 1 aliphatic heterocycles. The fourth-order valence-corrected chi connectivity index (χ4v) is 4.71. The minimum atomic E-state index is -4.87. The molecule has 3 rings (SSSR count). The number of piperazine rings is 1. The number of nitrogens with one attached hydrogen (secondary N) is 1. The van der Waals surface area contributed by atoms with E-state index < -0.39 is 34.3 Å². The van der Waals surface area contributed by atoms with Gasteiger partial charge in [-0.15, -0.1) is 11.8 Å². The summed E-state index contributed by atoms with van der Waals surface area (Å²) in [5.74, 6) is -0.0773. The van der Waals surface area contributed by atoms with Gasteiger partial charge in [0.15, 0.2) is 0 Å². The van der Waals surface area contributed by atoms with Gasteiger partial charge in [0.25, 0.3) is 5.56 Å². The Labute approximate surface area is 216 Å². The Morgan fingerprint density at radius 1 is 1.05 bits per heavy atom. The minimum absolute atomic E-state index is 0.00158. The van der Waals surface area contributed by atoms with Crippen LogP contribution in [0, 0.1) is 0 Å². The highest BCUT2D eigenvalue weighted by Crippen LogP contribution is 2.35. The second kappa shape index (κ2) is 12.8. The molecule has 1 amide bonds. The first-order valence-electron chi connectivity index (χ1n) is 11.2. The largest absolute Gasteiger partial charge is 0.422 e. The van der Waals surface area contributed by atoms with E-state index in [-0.39, 0.29) is 43.0 Å². The van der Waals surface area contributed by atoms with Gasteiger partial charge in [0.1, 0.15) is 5.56 Å².